The van der Waals surface area contributed by atoms with Crippen molar-refractivity contribution in [3.8, 4) is 5.75 Å². The summed E-state index contributed by atoms with van der Waals surface area (Å²) in [5, 5.41) is 0. The maximum absolute atomic E-state index is 5.88. The molecule has 0 radical (unpaired) electrons. The Morgan fingerprint density at radius 1 is 1.25 bits per heavy atom. The van der Waals surface area contributed by atoms with Crippen molar-refractivity contribution in [1.29, 1.82) is 0 Å². The Balaban J connectivity index is 1.69. The lowest BCUT2D eigenvalue weighted by atomic mass is 9.92. The van der Waals surface area contributed by atoms with Crippen molar-refractivity contribution in [3.05, 3.63) is 29.8 Å². The molecule has 112 valence electrons. The molecule has 0 unspecified atom stereocenters. The minimum atomic E-state index is 0.540. The lowest BCUT2D eigenvalue weighted by Crippen LogP contribution is -2.36. The third-order valence-electron chi connectivity index (χ3n) is 4.26. The summed E-state index contributed by atoms with van der Waals surface area (Å²) in [6.45, 7) is 7.07. The highest BCUT2D eigenvalue weighted by molar-refractivity contribution is 5.32. The molecule has 1 fully saturated rings. The molecule has 0 bridgehead atoms. The first-order valence-electron chi connectivity index (χ1n) is 7.96. The van der Waals surface area contributed by atoms with E-state index < -0.39 is 0 Å². The van der Waals surface area contributed by atoms with Crippen LogP contribution in [0.5, 0.6) is 5.75 Å². The van der Waals surface area contributed by atoms with Gasteiger partial charge in [-0.25, -0.2) is 0 Å². The molecule has 0 amide bonds. The van der Waals surface area contributed by atoms with E-state index in [4.69, 9.17) is 10.5 Å². The van der Waals surface area contributed by atoms with Crippen LogP contribution >= 0.6 is 0 Å². The molecule has 3 nitrogen and oxygen atoms in total. The number of hydrogen-bond donors (Lipinski definition) is 1. The fourth-order valence-electron chi connectivity index (χ4n) is 3.00. The quantitative estimate of drug-likeness (QED) is 0.832. The molecule has 0 atom stereocenters. The molecule has 1 saturated heterocycles. The number of benzene rings is 1. The Morgan fingerprint density at radius 3 is 2.70 bits per heavy atom. The van der Waals surface area contributed by atoms with Gasteiger partial charge in [-0.2, -0.15) is 0 Å². The summed E-state index contributed by atoms with van der Waals surface area (Å²) in [5.41, 5.74) is 6.81. The number of rotatable bonds is 7. The van der Waals surface area contributed by atoms with Crippen molar-refractivity contribution in [2.24, 2.45) is 11.7 Å². The summed E-state index contributed by atoms with van der Waals surface area (Å²) in [6.07, 6.45) is 5.43. The van der Waals surface area contributed by atoms with Crippen LogP contribution in [0.1, 0.15) is 38.2 Å². The molecule has 1 aliphatic heterocycles. The normalized spacial score (nSPS) is 17.3. The van der Waals surface area contributed by atoms with Crippen LogP contribution < -0.4 is 10.5 Å². The molecule has 1 aliphatic rings. The Labute approximate surface area is 123 Å². The Bertz CT molecular complexity index is 386. The number of nitrogens with zero attached hydrogens (tertiary/aromatic N) is 1. The maximum atomic E-state index is 5.88. The van der Waals surface area contributed by atoms with E-state index in [0.717, 1.165) is 30.4 Å². The van der Waals surface area contributed by atoms with Crippen molar-refractivity contribution >= 4 is 0 Å². The molecular weight excluding hydrogens is 248 g/mol. The summed E-state index contributed by atoms with van der Waals surface area (Å²) < 4.78 is 5.88. The van der Waals surface area contributed by atoms with Crippen LogP contribution in [0.15, 0.2) is 24.3 Å². The lowest BCUT2D eigenvalue weighted by molar-refractivity contribution is 0.151. The molecular formula is C17H28N2O. The highest BCUT2D eigenvalue weighted by Gasteiger charge is 2.18. The van der Waals surface area contributed by atoms with Gasteiger partial charge in [0, 0.05) is 18.7 Å². The topological polar surface area (TPSA) is 38.5 Å². The van der Waals surface area contributed by atoms with Crippen LogP contribution in [0, 0.1) is 5.92 Å². The summed E-state index contributed by atoms with van der Waals surface area (Å²) in [4.78, 5) is 2.53. The Morgan fingerprint density at radius 2 is 2.00 bits per heavy atom. The third kappa shape index (κ3) is 4.50. The predicted octanol–water partition coefficient (Wildman–Crippen LogP) is 3.04. The Hall–Kier alpha value is -1.06. The molecule has 1 heterocycles. The largest absolute Gasteiger partial charge is 0.492 e. The van der Waals surface area contributed by atoms with E-state index >= 15 is 0 Å². The van der Waals surface area contributed by atoms with Gasteiger partial charge in [-0.1, -0.05) is 38.0 Å². The zero-order valence-electron chi connectivity index (χ0n) is 12.7. The minimum absolute atomic E-state index is 0.540. The first-order valence-corrected chi connectivity index (χ1v) is 7.96. The Kier molecular flexibility index (Phi) is 6.34. The molecule has 1 aromatic rings. The monoisotopic (exact) mass is 276 g/mol. The van der Waals surface area contributed by atoms with Gasteiger partial charge in [-0.15, -0.1) is 0 Å². The summed E-state index contributed by atoms with van der Waals surface area (Å²) in [5.74, 6) is 1.89. The van der Waals surface area contributed by atoms with Crippen molar-refractivity contribution in [3.63, 3.8) is 0 Å². The number of nitrogens with two attached hydrogens (primary N) is 1. The summed E-state index contributed by atoms with van der Waals surface area (Å²) >= 11 is 0. The maximum Gasteiger partial charge on any atom is 0.123 e. The highest BCUT2D eigenvalue weighted by atomic mass is 16.5. The van der Waals surface area contributed by atoms with E-state index in [1.165, 1.54) is 38.8 Å². The zero-order valence-corrected chi connectivity index (χ0v) is 12.7. The lowest BCUT2D eigenvalue weighted by Gasteiger charge is -2.31. The molecule has 0 aromatic heterocycles. The second-order valence-corrected chi connectivity index (χ2v) is 5.73. The standard InChI is InChI=1S/C17H28N2O/c1-2-5-15-8-10-19(11-9-15)12-13-20-17-7-4-3-6-16(17)14-18/h3-4,6-7,15H,2,5,8-14,18H2,1H3. The SMILES string of the molecule is CCCC1CCN(CCOc2ccccc2CN)CC1. The van der Waals surface area contributed by atoms with E-state index in [9.17, 15) is 0 Å². The van der Waals surface area contributed by atoms with Crippen molar-refractivity contribution < 1.29 is 4.74 Å². The van der Waals surface area contributed by atoms with Crippen LogP contribution in [-0.4, -0.2) is 31.1 Å². The van der Waals surface area contributed by atoms with E-state index in [0.29, 0.717) is 6.54 Å². The van der Waals surface area contributed by atoms with Gasteiger partial charge in [0.05, 0.1) is 0 Å². The molecule has 1 aromatic carbocycles. The fraction of sp³-hybridized carbons (Fsp3) is 0.647. The molecule has 2 rings (SSSR count). The van der Waals surface area contributed by atoms with Gasteiger partial charge in [0.15, 0.2) is 0 Å². The van der Waals surface area contributed by atoms with Gasteiger partial charge in [-0.3, -0.25) is 4.90 Å². The van der Waals surface area contributed by atoms with E-state index in [-0.39, 0.29) is 0 Å². The average Bonchev–Trinajstić information content (AvgIpc) is 2.50. The van der Waals surface area contributed by atoms with Crippen LogP contribution in [0.25, 0.3) is 0 Å². The van der Waals surface area contributed by atoms with Crippen molar-refractivity contribution in [2.45, 2.75) is 39.2 Å². The first-order chi connectivity index (χ1) is 9.83. The number of ether oxygens (including phenoxy) is 1. The number of para-hydroxylation sites is 1. The fourth-order valence-corrected chi connectivity index (χ4v) is 3.00. The van der Waals surface area contributed by atoms with Crippen LogP contribution in [0.2, 0.25) is 0 Å². The summed E-state index contributed by atoms with van der Waals surface area (Å²) in [7, 11) is 0. The van der Waals surface area contributed by atoms with Crippen LogP contribution in [-0.2, 0) is 6.54 Å². The van der Waals surface area contributed by atoms with Gasteiger partial charge in [0.2, 0.25) is 0 Å². The first kappa shape index (κ1) is 15.3. The zero-order chi connectivity index (χ0) is 14.2. The van der Waals surface area contributed by atoms with Crippen LogP contribution in [0.3, 0.4) is 0 Å². The molecule has 3 heteroatoms. The number of likely N-dealkylation sites (tertiary alicyclic amines) is 1. The van der Waals surface area contributed by atoms with E-state index in [1.807, 2.05) is 24.3 Å². The molecule has 0 aliphatic carbocycles. The van der Waals surface area contributed by atoms with Crippen molar-refractivity contribution in [2.75, 3.05) is 26.2 Å². The molecule has 0 saturated carbocycles. The smallest absolute Gasteiger partial charge is 0.123 e. The second-order valence-electron chi connectivity index (χ2n) is 5.73. The predicted molar refractivity (Wildman–Crippen MR) is 83.9 cm³/mol. The number of hydrogen-bond acceptors (Lipinski definition) is 3. The van der Waals surface area contributed by atoms with Crippen molar-refractivity contribution in [1.82, 2.24) is 4.90 Å². The molecule has 20 heavy (non-hydrogen) atoms. The third-order valence-corrected chi connectivity index (χ3v) is 4.26. The van der Waals surface area contributed by atoms with Gasteiger partial charge < -0.3 is 10.5 Å². The minimum Gasteiger partial charge on any atom is -0.492 e. The van der Waals surface area contributed by atoms with Crippen LogP contribution in [0.4, 0.5) is 0 Å². The van der Waals surface area contributed by atoms with Gasteiger partial charge in [0.1, 0.15) is 12.4 Å². The van der Waals surface area contributed by atoms with E-state index in [2.05, 4.69) is 11.8 Å². The van der Waals surface area contributed by atoms with Gasteiger partial charge >= 0.3 is 0 Å². The van der Waals surface area contributed by atoms with Gasteiger partial charge in [-0.05, 0) is 37.9 Å². The van der Waals surface area contributed by atoms with Gasteiger partial charge in [0.25, 0.3) is 0 Å². The number of piperidine rings is 1. The van der Waals surface area contributed by atoms with E-state index in [1.54, 1.807) is 0 Å². The average molecular weight is 276 g/mol. The highest BCUT2D eigenvalue weighted by Crippen LogP contribution is 2.22. The molecule has 0 spiro atoms. The second kappa shape index (κ2) is 8.28. The molecule has 2 N–H and O–H groups in total. The summed E-state index contributed by atoms with van der Waals surface area (Å²) in [6, 6.07) is 8.06.